The van der Waals surface area contributed by atoms with Gasteiger partial charge in [0.25, 0.3) is 10.0 Å². The molecule has 2 heterocycles. The molecule has 0 amide bonds. The molecule has 8 heteroatoms. The first kappa shape index (κ1) is 11.3. The first-order chi connectivity index (χ1) is 8.09. The van der Waals surface area contributed by atoms with Crippen LogP contribution in [-0.2, 0) is 10.0 Å². The molecule has 0 fully saturated rings. The second-order valence-electron chi connectivity index (χ2n) is 3.15. The van der Waals surface area contributed by atoms with Crippen molar-refractivity contribution in [1.29, 1.82) is 0 Å². The summed E-state index contributed by atoms with van der Waals surface area (Å²) in [5.41, 5.74) is 5.96. The third-order valence-corrected chi connectivity index (χ3v) is 3.34. The van der Waals surface area contributed by atoms with Crippen LogP contribution in [0.25, 0.3) is 0 Å². The maximum absolute atomic E-state index is 11.9. The number of nitrogens with two attached hydrogens (primary N) is 1. The maximum Gasteiger partial charge on any atom is 0.265 e. The number of nitrogens with zero attached hydrogens (tertiary/aromatic N) is 3. The van der Waals surface area contributed by atoms with Crippen molar-refractivity contribution in [3.8, 4) is 0 Å². The molecule has 17 heavy (non-hydrogen) atoms. The highest BCUT2D eigenvalue weighted by molar-refractivity contribution is 7.92. The topological polar surface area (TPSA) is 111 Å². The number of hydrogen-bond donors (Lipinski definition) is 2. The zero-order chi connectivity index (χ0) is 12.3. The molecule has 7 nitrogen and oxygen atoms in total. The standard InChI is InChI=1S/C9H9N5O2S/c10-8-1-2-11-5-9(8)17(15,16)14-7-3-12-6-13-4-7/h1-6,14H,(H2,10,11). The lowest BCUT2D eigenvalue weighted by molar-refractivity contribution is 0.601. The highest BCUT2D eigenvalue weighted by Crippen LogP contribution is 2.18. The van der Waals surface area contributed by atoms with Gasteiger partial charge in [0.05, 0.1) is 23.8 Å². The Morgan fingerprint density at radius 2 is 1.82 bits per heavy atom. The van der Waals surface area contributed by atoms with Crippen molar-refractivity contribution in [3.63, 3.8) is 0 Å². The second-order valence-corrected chi connectivity index (χ2v) is 4.80. The lowest BCUT2D eigenvalue weighted by Crippen LogP contribution is -2.15. The fraction of sp³-hybridized carbons (Fsp3) is 0. The summed E-state index contributed by atoms with van der Waals surface area (Å²) < 4.78 is 26.2. The van der Waals surface area contributed by atoms with Crippen LogP contribution in [0.3, 0.4) is 0 Å². The average molecular weight is 251 g/mol. The molecular weight excluding hydrogens is 242 g/mol. The first-order valence-electron chi connectivity index (χ1n) is 4.57. The molecule has 0 aliphatic carbocycles. The minimum absolute atomic E-state index is 0.0798. The highest BCUT2D eigenvalue weighted by Gasteiger charge is 2.17. The zero-order valence-corrected chi connectivity index (χ0v) is 9.42. The largest absolute Gasteiger partial charge is 0.398 e. The van der Waals surface area contributed by atoms with Crippen LogP contribution >= 0.6 is 0 Å². The predicted molar refractivity (Wildman–Crippen MR) is 61.5 cm³/mol. The minimum atomic E-state index is -3.76. The normalized spacial score (nSPS) is 11.1. The zero-order valence-electron chi connectivity index (χ0n) is 8.61. The van der Waals surface area contributed by atoms with Crippen molar-refractivity contribution >= 4 is 21.4 Å². The maximum atomic E-state index is 11.9. The summed E-state index contributed by atoms with van der Waals surface area (Å²) >= 11 is 0. The van der Waals surface area contributed by atoms with Gasteiger partial charge in [-0.2, -0.15) is 0 Å². The SMILES string of the molecule is Nc1ccncc1S(=O)(=O)Nc1cncnc1. The molecule has 0 aromatic carbocycles. The van der Waals surface area contributed by atoms with Gasteiger partial charge in [-0.1, -0.05) is 0 Å². The molecule has 0 radical (unpaired) electrons. The monoisotopic (exact) mass is 251 g/mol. The Hall–Kier alpha value is -2.22. The molecule has 2 aromatic rings. The minimum Gasteiger partial charge on any atom is -0.398 e. The lowest BCUT2D eigenvalue weighted by atomic mass is 10.4. The molecule has 2 aromatic heterocycles. The van der Waals surface area contributed by atoms with Gasteiger partial charge in [-0.3, -0.25) is 9.71 Å². The van der Waals surface area contributed by atoms with Crippen molar-refractivity contribution in [2.24, 2.45) is 0 Å². The number of pyridine rings is 1. The molecule has 0 bridgehead atoms. The lowest BCUT2D eigenvalue weighted by Gasteiger charge is -2.08. The Morgan fingerprint density at radius 1 is 1.12 bits per heavy atom. The molecular formula is C9H9N5O2S. The van der Waals surface area contributed by atoms with E-state index in [1.165, 1.54) is 37.2 Å². The summed E-state index contributed by atoms with van der Waals surface area (Å²) in [6.07, 6.45) is 6.59. The van der Waals surface area contributed by atoms with Crippen molar-refractivity contribution in [2.45, 2.75) is 4.90 Å². The number of sulfonamides is 1. The van der Waals surface area contributed by atoms with Crippen LogP contribution in [0, 0.1) is 0 Å². The van der Waals surface area contributed by atoms with Crippen LogP contribution < -0.4 is 10.5 Å². The van der Waals surface area contributed by atoms with E-state index in [4.69, 9.17) is 5.73 Å². The molecule has 0 atom stereocenters. The van der Waals surface area contributed by atoms with Crippen LogP contribution in [0.2, 0.25) is 0 Å². The van der Waals surface area contributed by atoms with Gasteiger partial charge in [0.1, 0.15) is 11.2 Å². The Balaban J connectivity index is 2.36. The summed E-state index contributed by atoms with van der Waals surface area (Å²) in [7, 11) is -3.76. The molecule has 0 spiro atoms. The highest BCUT2D eigenvalue weighted by atomic mass is 32.2. The Kier molecular flexibility index (Phi) is 2.88. The van der Waals surface area contributed by atoms with Gasteiger partial charge in [-0.25, -0.2) is 18.4 Å². The predicted octanol–water partition coefficient (Wildman–Crippen LogP) is 0.255. The summed E-state index contributed by atoms with van der Waals surface area (Å²) in [5.74, 6) is 0. The van der Waals surface area contributed by atoms with Crippen molar-refractivity contribution < 1.29 is 8.42 Å². The van der Waals surface area contributed by atoms with Gasteiger partial charge >= 0.3 is 0 Å². The number of aromatic nitrogens is 3. The number of nitrogen functional groups attached to an aromatic ring is 1. The van der Waals surface area contributed by atoms with Gasteiger partial charge < -0.3 is 5.73 Å². The third-order valence-electron chi connectivity index (χ3n) is 1.92. The van der Waals surface area contributed by atoms with Crippen LogP contribution in [-0.4, -0.2) is 23.4 Å². The van der Waals surface area contributed by atoms with E-state index in [9.17, 15) is 8.42 Å². The quantitative estimate of drug-likeness (QED) is 0.809. The van der Waals surface area contributed by atoms with E-state index in [0.29, 0.717) is 0 Å². The van der Waals surface area contributed by atoms with E-state index in [0.717, 1.165) is 0 Å². The van der Waals surface area contributed by atoms with Crippen LogP contribution in [0.4, 0.5) is 11.4 Å². The average Bonchev–Trinajstić information content (AvgIpc) is 2.30. The molecule has 0 aliphatic heterocycles. The number of rotatable bonds is 3. The summed E-state index contributed by atoms with van der Waals surface area (Å²) in [6.45, 7) is 0. The fourth-order valence-electron chi connectivity index (χ4n) is 1.18. The smallest absolute Gasteiger partial charge is 0.265 e. The first-order valence-corrected chi connectivity index (χ1v) is 6.05. The van der Waals surface area contributed by atoms with Crippen LogP contribution in [0.15, 0.2) is 42.1 Å². The Morgan fingerprint density at radius 3 is 2.47 bits per heavy atom. The molecule has 0 aliphatic rings. The van der Waals surface area contributed by atoms with Crippen molar-refractivity contribution in [1.82, 2.24) is 15.0 Å². The number of anilines is 2. The third kappa shape index (κ3) is 2.48. The van der Waals surface area contributed by atoms with E-state index in [1.54, 1.807) is 0 Å². The molecule has 0 saturated heterocycles. The summed E-state index contributed by atoms with van der Waals surface area (Å²) in [4.78, 5) is 11.0. The van der Waals surface area contributed by atoms with E-state index in [-0.39, 0.29) is 16.3 Å². The molecule has 0 unspecified atom stereocenters. The van der Waals surface area contributed by atoms with Gasteiger partial charge in [-0.05, 0) is 6.07 Å². The summed E-state index contributed by atoms with van der Waals surface area (Å²) in [5, 5.41) is 0. The fourth-order valence-corrected chi connectivity index (χ4v) is 2.28. The van der Waals surface area contributed by atoms with Crippen molar-refractivity contribution in [3.05, 3.63) is 37.2 Å². The Bertz CT molecular complexity index is 614. The van der Waals surface area contributed by atoms with Crippen molar-refractivity contribution in [2.75, 3.05) is 10.5 Å². The van der Waals surface area contributed by atoms with Gasteiger partial charge in [-0.15, -0.1) is 0 Å². The molecule has 0 saturated carbocycles. The number of hydrogen-bond acceptors (Lipinski definition) is 6. The Labute approximate surface area is 97.8 Å². The van der Waals surface area contributed by atoms with Gasteiger partial charge in [0, 0.05) is 12.4 Å². The molecule has 88 valence electrons. The van der Waals surface area contributed by atoms with E-state index in [1.807, 2.05) is 0 Å². The summed E-state index contributed by atoms with van der Waals surface area (Å²) in [6, 6.07) is 1.41. The molecule has 2 rings (SSSR count). The van der Waals surface area contributed by atoms with Gasteiger partial charge in [0.15, 0.2) is 0 Å². The van der Waals surface area contributed by atoms with E-state index >= 15 is 0 Å². The number of nitrogens with one attached hydrogen (secondary N) is 1. The van der Waals surface area contributed by atoms with Crippen LogP contribution in [0.1, 0.15) is 0 Å². The molecule has 3 N–H and O–H groups in total. The van der Waals surface area contributed by atoms with Crippen LogP contribution in [0.5, 0.6) is 0 Å². The van der Waals surface area contributed by atoms with E-state index < -0.39 is 10.0 Å². The van der Waals surface area contributed by atoms with E-state index in [2.05, 4.69) is 19.7 Å². The second kappa shape index (κ2) is 4.34. The van der Waals surface area contributed by atoms with Gasteiger partial charge in [0.2, 0.25) is 0 Å².